The zero-order valence-electron chi connectivity index (χ0n) is 11.8. The molecule has 0 atom stereocenters. The second-order valence-corrected chi connectivity index (χ2v) is 6.69. The molecule has 0 unspecified atom stereocenters. The third kappa shape index (κ3) is 4.53. The lowest BCUT2D eigenvalue weighted by atomic mass is 10.2. The molecule has 0 aliphatic rings. The van der Waals surface area contributed by atoms with Crippen LogP contribution in [0.1, 0.15) is 5.56 Å². The maximum Gasteiger partial charge on any atom is 0.241 e. The van der Waals surface area contributed by atoms with E-state index >= 15 is 0 Å². The Bertz CT molecular complexity index is 858. The molecule has 0 spiro atoms. The number of anilines is 1. The van der Waals surface area contributed by atoms with Crippen LogP contribution < -0.4 is 10.0 Å². The number of nitrogens with zero attached hydrogens (tertiary/aromatic N) is 1. The van der Waals surface area contributed by atoms with E-state index in [4.69, 9.17) is 16.9 Å². The lowest BCUT2D eigenvalue weighted by Gasteiger charge is -2.09. The van der Waals surface area contributed by atoms with Crippen LogP contribution in [0.2, 0.25) is 5.02 Å². The fourth-order valence-corrected chi connectivity index (χ4v) is 2.85. The van der Waals surface area contributed by atoms with Gasteiger partial charge < -0.3 is 5.32 Å². The van der Waals surface area contributed by atoms with Crippen molar-refractivity contribution in [1.29, 1.82) is 5.26 Å². The van der Waals surface area contributed by atoms with Gasteiger partial charge in [-0.2, -0.15) is 5.26 Å². The molecule has 2 N–H and O–H groups in total. The monoisotopic (exact) mass is 349 g/mol. The third-order valence-corrected chi connectivity index (χ3v) is 4.54. The summed E-state index contributed by atoms with van der Waals surface area (Å²) in [6.07, 6.45) is 0. The molecule has 0 aliphatic heterocycles. The molecular weight excluding hydrogens is 338 g/mol. The lowest BCUT2D eigenvalue weighted by molar-refractivity contribution is -0.115. The molecule has 8 heteroatoms. The Labute approximate surface area is 138 Å². The van der Waals surface area contributed by atoms with E-state index in [1.165, 1.54) is 24.3 Å². The van der Waals surface area contributed by atoms with E-state index in [1.54, 1.807) is 24.3 Å². The van der Waals surface area contributed by atoms with Crippen LogP contribution in [0.25, 0.3) is 0 Å². The van der Waals surface area contributed by atoms with Crippen molar-refractivity contribution in [3.05, 3.63) is 59.1 Å². The molecule has 2 aromatic rings. The molecule has 118 valence electrons. The van der Waals surface area contributed by atoms with Crippen molar-refractivity contribution in [2.24, 2.45) is 0 Å². The summed E-state index contributed by atoms with van der Waals surface area (Å²) in [5, 5.41) is 11.8. The molecule has 23 heavy (non-hydrogen) atoms. The normalized spacial score (nSPS) is 10.8. The number of amides is 1. The zero-order chi connectivity index (χ0) is 16.9. The number of carbonyl (C=O) groups is 1. The number of hydrogen-bond donors (Lipinski definition) is 2. The minimum absolute atomic E-state index is 0.00660. The predicted molar refractivity (Wildman–Crippen MR) is 86.4 cm³/mol. The molecule has 0 radical (unpaired) electrons. The summed E-state index contributed by atoms with van der Waals surface area (Å²) >= 11 is 5.70. The minimum atomic E-state index is -3.81. The average molecular weight is 350 g/mol. The van der Waals surface area contributed by atoms with Gasteiger partial charge in [0.1, 0.15) is 6.07 Å². The van der Waals surface area contributed by atoms with Crippen LogP contribution in [0.5, 0.6) is 0 Å². The fourth-order valence-electron chi connectivity index (χ4n) is 1.74. The number of sulfonamides is 1. The van der Waals surface area contributed by atoms with E-state index in [0.29, 0.717) is 16.3 Å². The highest BCUT2D eigenvalue weighted by Crippen LogP contribution is 2.15. The van der Waals surface area contributed by atoms with Crippen molar-refractivity contribution >= 4 is 33.2 Å². The van der Waals surface area contributed by atoms with E-state index in [9.17, 15) is 13.2 Å². The number of rotatable bonds is 5. The summed E-state index contributed by atoms with van der Waals surface area (Å²) in [7, 11) is -3.81. The van der Waals surface area contributed by atoms with Gasteiger partial charge >= 0.3 is 0 Å². The quantitative estimate of drug-likeness (QED) is 0.863. The van der Waals surface area contributed by atoms with Crippen molar-refractivity contribution in [2.45, 2.75) is 4.90 Å². The number of benzene rings is 2. The predicted octanol–water partition coefficient (Wildman–Crippen LogP) is 2.13. The first kappa shape index (κ1) is 17.0. The van der Waals surface area contributed by atoms with Gasteiger partial charge in [-0.1, -0.05) is 23.7 Å². The van der Waals surface area contributed by atoms with Gasteiger partial charge in [0, 0.05) is 5.02 Å². The standard InChI is InChI=1S/C15H12ClN3O3S/c16-12-5-7-13(8-6-12)23(21,22)18-10-15(20)19-14-4-2-1-3-11(14)9-17/h1-8,18H,10H2,(H,19,20). The van der Waals surface area contributed by atoms with Gasteiger partial charge in [0.25, 0.3) is 0 Å². The van der Waals surface area contributed by atoms with Crippen LogP contribution in [0.15, 0.2) is 53.4 Å². The maximum absolute atomic E-state index is 12.0. The molecule has 0 aliphatic carbocycles. The highest BCUT2D eigenvalue weighted by molar-refractivity contribution is 7.89. The van der Waals surface area contributed by atoms with Gasteiger partial charge in [-0.25, -0.2) is 13.1 Å². The van der Waals surface area contributed by atoms with Crippen molar-refractivity contribution in [3.63, 3.8) is 0 Å². The first-order valence-electron chi connectivity index (χ1n) is 6.46. The van der Waals surface area contributed by atoms with Crippen LogP contribution in [0.3, 0.4) is 0 Å². The molecule has 0 saturated carbocycles. The second kappa shape index (κ2) is 7.24. The summed E-state index contributed by atoms with van der Waals surface area (Å²) in [5.74, 6) is -0.578. The Morgan fingerprint density at radius 3 is 2.43 bits per heavy atom. The molecule has 0 aromatic heterocycles. The fraction of sp³-hybridized carbons (Fsp3) is 0.0667. The van der Waals surface area contributed by atoms with E-state index in [-0.39, 0.29) is 4.90 Å². The van der Waals surface area contributed by atoms with Crippen molar-refractivity contribution in [1.82, 2.24) is 4.72 Å². The first-order chi connectivity index (χ1) is 10.9. The molecule has 1 amide bonds. The summed E-state index contributed by atoms with van der Waals surface area (Å²) in [6, 6.07) is 13.9. The minimum Gasteiger partial charge on any atom is -0.324 e. The van der Waals surface area contributed by atoms with Gasteiger partial charge in [-0.15, -0.1) is 0 Å². The molecule has 0 heterocycles. The molecule has 2 rings (SSSR count). The van der Waals surface area contributed by atoms with Crippen LogP contribution in [0.4, 0.5) is 5.69 Å². The van der Waals surface area contributed by atoms with Gasteiger partial charge in [0.2, 0.25) is 15.9 Å². The van der Waals surface area contributed by atoms with Crippen LogP contribution in [0, 0.1) is 11.3 Å². The highest BCUT2D eigenvalue weighted by atomic mass is 35.5. The van der Waals surface area contributed by atoms with Gasteiger partial charge in [-0.3, -0.25) is 4.79 Å². The second-order valence-electron chi connectivity index (χ2n) is 4.48. The van der Waals surface area contributed by atoms with E-state index in [2.05, 4.69) is 10.0 Å². The highest BCUT2D eigenvalue weighted by Gasteiger charge is 2.15. The van der Waals surface area contributed by atoms with Gasteiger partial charge in [0.05, 0.1) is 22.7 Å². The number of nitriles is 1. The van der Waals surface area contributed by atoms with Crippen molar-refractivity contribution in [2.75, 3.05) is 11.9 Å². The number of hydrogen-bond acceptors (Lipinski definition) is 4. The SMILES string of the molecule is N#Cc1ccccc1NC(=O)CNS(=O)(=O)c1ccc(Cl)cc1. The van der Waals surface area contributed by atoms with Gasteiger partial charge in [0.15, 0.2) is 0 Å². The Kier molecular flexibility index (Phi) is 5.34. The van der Waals surface area contributed by atoms with Crippen molar-refractivity contribution in [3.8, 4) is 6.07 Å². The molecule has 0 saturated heterocycles. The summed E-state index contributed by atoms with van der Waals surface area (Å²) < 4.78 is 26.3. The van der Waals surface area contributed by atoms with Crippen LogP contribution >= 0.6 is 11.6 Å². The van der Waals surface area contributed by atoms with E-state index < -0.39 is 22.5 Å². The molecule has 6 nitrogen and oxygen atoms in total. The Morgan fingerprint density at radius 2 is 1.78 bits per heavy atom. The van der Waals surface area contributed by atoms with Crippen LogP contribution in [-0.2, 0) is 14.8 Å². The Morgan fingerprint density at radius 1 is 1.13 bits per heavy atom. The first-order valence-corrected chi connectivity index (χ1v) is 8.33. The number of halogens is 1. The Balaban J connectivity index is 2.01. The topological polar surface area (TPSA) is 99.1 Å². The number of para-hydroxylation sites is 1. The average Bonchev–Trinajstić information content (AvgIpc) is 2.54. The molecule has 0 bridgehead atoms. The van der Waals surface area contributed by atoms with E-state index in [0.717, 1.165) is 0 Å². The van der Waals surface area contributed by atoms with E-state index in [1.807, 2.05) is 6.07 Å². The van der Waals surface area contributed by atoms with Crippen molar-refractivity contribution < 1.29 is 13.2 Å². The molecule has 0 fully saturated rings. The summed E-state index contributed by atoms with van der Waals surface area (Å²) in [5.41, 5.74) is 0.618. The third-order valence-electron chi connectivity index (χ3n) is 2.87. The largest absolute Gasteiger partial charge is 0.324 e. The summed E-state index contributed by atoms with van der Waals surface area (Å²) in [6.45, 7) is -0.454. The smallest absolute Gasteiger partial charge is 0.241 e. The summed E-state index contributed by atoms with van der Waals surface area (Å²) in [4.78, 5) is 11.9. The van der Waals surface area contributed by atoms with Crippen LogP contribution in [-0.4, -0.2) is 20.9 Å². The van der Waals surface area contributed by atoms with Gasteiger partial charge in [-0.05, 0) is 36.4 Å². The molecular formula is C15H12ClN3O3S. The Hall–Kier alpha value is -2.40. The maximum atomic E-state index is 12.0. The lowest BCUT2D eigenvalue weighted by Crippen LogP contribution is -2.33. The zero-order valence-corrected chi connectivity index (χ0v) is 13.4. The molecule has 2 aromatic carbocycles. The number of nitrogens with one attached hydrogen (secondary N) is 2. The number of carbonyl (C=O) groups excluding carboxylic acids is 1.